The van der Waals surface area contributed by atoms with Gasteiger partial charge in [-0.15, -0.1) is 0 Å². The Hall–Kier alpha value is -2.04. The van der Waals surface area contributed by atoms with Gasteiger partial charge in [0, 0.05) is 36.9 Å². The van der Waals surface area contributed by atoms with Gasteiger partial charge in [-0.2, -0.15) is 0 Å². The predicted octanol–water partition coefficient (Wildman–Crippen LogP) is 7.06. The van der Waals surface area contributed by atoms with Crippen LogP contribution in [0.1, 0.15) is 121 Å². The van der Waals surface area contributed by atoms with E-state index in [0.29, 0.717) is 12.0 Å². The normalized spacial score (nSPS) is 17.5. The van der Waals surface area contributed by atoms with Gasteiger partial charge in [0.15, 0.2) is 0 Å². The largest absolute Gasteiger partial charge is 0.371 e. The van der Waals surface area contributed by atoms with Crippen molar-refractivity contribution in [2.75, 3.05) is 23.3 Å². The Morgan fingerprint density at radius 3 is 2.29 bits per heavy atom. The molecular weight excluding hydrogens is 422 g/mol. The van der Waals surface area contributed by atoms with E-state index in [1.165, 1.54) is 51.4 Å². The molecule has 2 fully saturated rings. The first-order valence-corrected chi connectivity index (χ1v) is 14.1. The van der Waals surface area contributed by atoms with E-state index in [9.17, 15) is 9.59 Å². The van der Waals surface area contributed by atoms with Gasteiger partial charge in [0.1, 0.15) is 0 Å². The molecule has 2 aliphatic rings. The smallest absolute Gasteiger partial charge is 0.253 e. The number of piperidine rings is 1. The second-order valence-corrected chi connectivity index (χ2v) is 10.6. The summed E-state index contributed by atoms with van der Waals surface area (Å²) in [5.41, 5.74) is 2.44. The molecule has 2 amide bonds. The Bertz CT molecular complexity index is 765. The van der Waals surface area contributed by atoms with E-state index in [0.717, 1.165) is 68.9 Å². The summed E-state index contributed by atoms with van der Waals surface area (Å²) in [7, 11) is 0. The fourth-order valence-corrected chi connectivity index (χ4v) is 5.30. The predicted molar refractivity (Wildman–Crippen MR) is 143 cm³/mol. The number of rotatable bonds is 12. The summed E-state index contributed by atoms with van der Waals surface area (Å²) in [6.07, 6.45) is 17.0. The lowest BCUT2D eigenvalue weighted by Gasteiger charge is -2.34. The Morgan fingerprint density at radius 1 is 0.912 bits per heavy atom. The molecule has 0 radical (unpaired) electrons. The number of nitrogens with one attached hydrogen (secondary N) is 2. The third-order valence-corrected chi connectivity index (χ3v) is 7.60. The highest BCUT2D eigenvalue weighted by Gasteiger charge is 2.24. The highest BCUT2D eigenvalue weighted by atomic mass is 16.2. The van der Waals surface area contributed by atoms with Crippen LogP contribution in [0.25, 0.3) is 0 Å². The first kappa shape index (κ1) is 26.6. The van der Waals surface area contributed by atoms with Gasteiger partial charge >= 0.3 is 0 Å². The molecule has 1 saturated carbocycles. The summed E-state index contributed by atoms with van der Waals surface area (Å²) in [4.78, 5) is 28.2. The molecule has 0 spiro atoms. The lowest BCUT2D eigenvalue weighted by molar-refractivity contribution is -0.116. The number of benzene rings is 1. The van der Waals surface area contributed by atoms with Crippen molar-refractivity contribution < 1.29 is 9.59 Å². The molecule has 1 aromatic carbocycles. The van der Waals surface area contributed by atoms with Crippen molar-refractivity contribution in [1.82, 2.24) is 5.32 Å². The van der Waals surface area contributed by atoms with E-state index in [-0.39, 0.29) is 17.9 Å². The number of hydrogen-bond acceptors (Lipinski definition) is 3. The third kappa shape index (κ3) is 8.63. The Labute approximate surface area is 207 Å². The van der Waals surface area contributed by atoms with E-state index in [1.807, 2.05) is 18.2 Å². The van der Waals surface area contributed by atoms with E-state index in [4.69, 9.17) is 0 Å². The average Bonchev–Trinajstić information content (AvgIpc) is 2.84. The van der Waals surface area contributed by atoms with Crippen molar-refractivity contribution in [2.45, 2.75) is 116 Å². The molecule has 5 heteroatoms. The van der Waals surface area contributed by atoms with Crippen LogP contribution in [0.2, 0.25) is 0 Å². The fourth-order valence-electron chi connectivity index (χ4n) is 5.30. The third-order valence-electron chi connectivity index (χ3n) is 7.60. The van der Waals surface area contributed by atoms with Gasteiger partial charge in [-0.3, -0.25) is 9.59 Å². The Balaban J connectivity index is 1.60. The first-order valence-electron chi connectivity index (χ1n) is 14.1. The SMILES string of the molecule is CCCCCCCCCC(=O)Nc1ccc(N2CCC(C)CC2)c(C(=O)NC2CCCCC2)c1. The van der Waals surface area contributed by atoms with Gasteiger partial charge < -0.3 is 15.5 Å². The second kappa shape index (κ2) is 14.4. The van der Waals surface area contributed by atoms with Crippen LogP contribution in [-0.4, -0.2) is 30.9 Å². The summed E-state index contributed by atoms with van der Waals surface area (Å²) in [5, 5.41) is 6.34. The van der Waals surface area contributed by atoms with Gasteiger partial charge in [-0.1, -0.05) is 71.6 Å². The molecule has 1 aliphatic heterocycles. The average molecular weight is 470 g/mol. The maximum absolute atomic E-state index is 13.3. The second-order valence-electron chi connectivity index (χ2n) is 10.6. The zero-order valence-electron chi connectivity index (χ0n) is 21.7. The van der Waals surface area contributed by atoms with Gasteiger partial charge in [0.25, 0.3) is 5.91 Å². The molecule has 1 aromatic rings. The van der Waals surface area contributed by atoms with Gasteiger partial charge in [0.05, 0.1) is 5.56 Å². The standard InChI is InChI=1S/C29H47N3O2/c1-3-4-5-6-7-8-12-15-28(33)30-25-16-17-27(32-20-18-23(2)19-21-32)26(22-25)29(34)31-24-13-10-9-11-14-24/h16-17,22-24H,3-15,18-21H2,1-2H3,(H,30,33)(H,31,34). The van der Waals surface area contributed by atoms with Gasteiger partial charge in [-0.25, -0.2) is 0 Å². The van der Waals surface area contributed by atoms with Crippen LogP contribution < -0.4 is 15.5 Å². The van der Waals surface area contributed by atoms with Gasteiger partial charge in [-0.05, 0) is 56.2 Å². The van der Waals surface area contributed by atoms with Crippen LogP contribution in [-0.2, 0) is 4.79 Å². The van der Waals surface area contributed by atoms with Crippen molar-refractivity contribution in [3.63, 3.8) is 0 Å². The molecule has 0 unspecified atom stereocenters. The van der Waals surface area contributed by atoms with Crippen LogP contribution in [0, 0.1) is 5.92 Å². The zero-order chi connectivity index (χ0) is 24.2. The number of unbranched alkanes of at least 4 members (excludes halogenated alkanes) is 6. The summed E-state index contributed by atoms with van der Waals surface area (Å²) < 4.78 is 0. The molecule has 0 aromatic heterocycles. The number of nitrogens with zero attached hydrogens (tertiary/aromatic N) is 1. The van der Waals surface area contributed by atoms with Crippen LogP contribution >= 0.6 is 0 Å². The van der Waals surface area contributed by atoms with Crippen molar-refractivity contribution >= 4 is 23.2 Å². The molecule has 1 saturated heterocycles. The van der Waals surface area contributed by atoms with Crippen molar-refractivity contribution in [2.24, 2.45) is 5.92 Å². The van der Waals surface area contributed by atoms with Crippen molar-refractivity contribution in [1.29, 1.82) is 0 Å². The first-order chi connectivity index (χ1) is 16.6. The number of hydrogen-bond donors (Lipinski definition) is 2. The molecule has 3 rings (SSSR count). The van der Waals surface area contributed by atoms with Crippen LogP contribution in [0.4, 0.5) is 11.4 Å². The lowest BCUT2D eigenvalue weighted by Crippen LogP contribution is -2.38. The fraction of sp³-hybridized carbons (Fsp3) is 0.724. The molecule has 0 bridgehead atoms. The maximum Gasteiger partial charge on any atom is 0.253 e. The molecule has 2 N–H and O–H groups in total. The minimum absolute atomic E-state index is 0.00343. The quantitative estimate of drug-likeness (QED) is 0.322. The maximum atomic E-state index is 13.3. The van der Waals surface area contributed by atoms with E-state index < -0.39 is 0 Å². The summed E-state index contributed by atoms with van der Waals surface area (Å²) in [6.45, 7) is 6.50. The lowest BCUT2D eigenvalue weighted by atomic mass is 9.95. The van der Waals surface area contributed by atoms with Crippen LogP contribution in [0.3, 0.4) is 0 Å². The number of carbonyl (C=O) groups is 2. The summed E-state index contributed by atoms with van der Waals surface area (Å²) >= 11 is 0. The molecule has 0 atom stereocenters. The minimum atomic E-state index is 0.00343. The minimum Gasteiger partial charge on any atom is -0.371 e. The van der Waals surface area contributed by atoms with Gasteiger partial charge in [0.2, 0.25) is 5.91 Å². The van der Waals surface area contributed by atoms with E-state index in [1.54, 1.807) is 0 Å². The van der Waals surface area contributed by atoms with Crippen LogP contribution in [0.15, 0.2) is 18.2 Å². The van der Waals surface area contributed by atoms with E-state index in [2.05, 4.69) is 29.4 Å². The molecule has 34 heavy (non-hydrogen) atoms. The van der Waals surface area contributed by atoms with E-state index >= 15 is 0 Å². The molecule has 1 aliphatic carbocycles. The van der Waals surface area contributed by atoms with Crippen molar-refractivity contribution in [3.05, 3.63) is 23.8 Å². The van der Waals surface area contributed by atoms with Crippen LogP contribution in [0.5, 0.6) is 0 Å². The number of carbonyl (C=O) groups excluding carboxylic acids is 2. The molecule has 1 heterocycles. The highest BCUT2D eigenvalue weighted by Crippen LogP contribution is 2.29. The molecule has 5 nitrogen and oxygen atoms in total. The summed E-state index contributed by atoms with van der Waals surface area (Å²) in [5.74, 6) is 0.788. The number of amides is 2. The summed E-state index contributed by atoms with van der Waals surface area (Å²) in [6, 6.07) is 6.17. The van der Waals surface area contributed by atoms with Crippen molar-refractivity contribution in [3.8, 4) is 0 Å². The highest BCUT2D eigenvalue weighted by molar-refractivity contribution is 6.02. The molecular formula is C29H47N3O2. The molecule has 190 valence electrons. The Morgan fingerprint density at radius 2 is 1.59 bits per heavy atom. The zero-order valence-corrected chi connectivity index (χ0v) is 21.7. The Kier molecular flexibility index (Phi) is 11.2. The monoisotopic (exact) mass is 469 g/mol. The topological polar surface area (TPSA) is 61.4 Å². The number of anilines is 2.